The molecule has 1 fully saturated rings. The third-order valence-electron chi connectivity index (χ3n) is 2.18. The van der Waals surface area contributed by atoms with Crippen molar-refractivity contribution >= 4 is 5.91 Å². The van der Waals surface area contributed by atoms with Gasteiger partial charge in [0.25, 0.3) is 0 Å². The zero-order chi connectivity index (χ0) is 8.97. The van der Waals surface area contributed by atoms with Gasteiger partial charge in [-0.3, -0.25) is 4.79 Å². The van der Waals surface area contributed by atoms with Crippen LogP contribution < -0.4 is 0 Å². The number of nitrogens with zero attached hydrogens (tertiary/aromatic N) is 1. The van der Waals surface area contributed by atoms with Crippen LogP contribution in [0.1, 0.15) is 32.6 Å². The minimum Gasteiger partial charge on any atom is -0.393 e. The number of carbonyl (C=O) groups is 1. The smallest absolute Gasteiger partial charge is 0.225 e. The van der Waals surface area contributed by atoms with Gasteiger partial charge in [0.15, 0.2) is 0 Å². The number of aliphatic hydroxyl groups is 1. The molecule has 0 aromatic rings. The van der Waals surface area contributed by atoms with E-state index in [0.29, 0.717) is 0 Å². The molecule has 1 aliphatic rings. The van der Waals surface area contributed by atoms with E-state index in [9.17, 15) is 4.79 Å². The molecule has 1 atom stereocenters. The van der Waals surface area contributed by atoms with Gasteiger partial charge in [-0.1, -0.05) is 0 Å². The van der Waals surface area contributed by atoms with Gasteiger partial charge in [-0.25, -0.2) is 0 Å². The maximum atomic E-state index is 11.4. The molecule has 0 unspecified atom stereocenters. The van der Waals surface area contributed by atoms with Gasteiger partial charge in [-0.2, -0.15) is 0 Å². The number of hydrogen-bond acceptors (Lipinski definition) is 2. The van der Waals surface area contributed by atoms with Crippen molar-refractivity contribution in [3.05, 3.63) is 0 Å². The number of piperidine rings is 1. The monoisotopic (exact) mass is 171 g/mol. The topological polar surface area (TPSA) is 40.5 Å². The van der Waals surface area contributed by atoms with E-state index in [1.807, 2.05) is 4.90 Å². The number of carbonyl (C=O) groups excluding carboxylic acids is 1. The summed E-state index contributed by atoms with van der Waals surface area (Å²) in [6.07, 6.45) is 3.25. The second-order valence-electron chi connectivity index (χ2n) is 3.49. The van der Waals surface area contributed by atoms with Gasteiger partial charge in [0, 0.05) is 13.1 Å². The highest BCUT2D eigenvalue weighted by atomic mass is 16.3. The largest absolute Gasteiger partial charge is 0.393 e. The second kappa shape index (κ2) is 4.45. The van der Waals surface area contributed by atoms with Crippen molar-refractivity contribution in [2.24, 2.45) is 0 Å². The summed E-state index contributed by atoms with van der Waals surface area (Å²) in [5, 5.41) is 9.01. The van der Waals surface area contributed by atoms with Crippen LogP contribution in [0, 0.1) is 0 Å². The Kier molecular flexibility index (Phi) is 3.53. The van der Waals surface area contributed by atoms with Crippen LogP contribution in [0.15, 0.2) is 0 Å². The lowest BCUT2D eigenvalue weighted by atomic mass is 10.1. The fourth-order valence-corrected chi connectivity index (χ4v) is 1.53. The predicted molar refractivity (Wildman–Crippen MR) is 46.7 cm³/mol. The normalized spacial score (nSPS) is 20.7. The van der Waals surface area contributed by atoms with Crippen molar-refractivity contribution in [2.45, 2.75) is 38.7 Å². The minimum atomic E-state index is -0.501. The highest BCUT2D eigenvalue weighted by Crippen LogP contribution is 2.10. The van der Waals surface area contributed by atoms with Crippen LogP contribution in [0.2, 0.25) is 0 Å². The third-order valence-corrected chi connectivity index (χ3v) is 2.18. The molecule has 12 heavy (non-hydrogen) atoms. The van der Waals surface area contributed by atoms with Crippen LogP contribution in [-0.2, 0) is 4.79 Å². The van der Waals surface area contributed by atoms with Crippen LogP contribution in [-0.4, -0.2) is 35.1 Å². The Morgan fingerprint density at radius 1 is 1.42 bits per heavy atom. The van der Waals surface area contributed by atoms with Gasteiger partial charge in [-0.15, -0.1) is 0 Å². The van der Waals surface area contributed by atoms with Crippen LogP contribution in [0.4, 0.5) is 0 Å². The molecule has 1 aliphatic heterocycles. The third kappa shape index (κ3) is 2.81. The molecule has 1 rings (SSSR count). The first-order valence-corrected chi connectivity index (χ1v) is 4.66. The summed E-state index contributed by atoms with van der Waals surface area (Å²) < 4.78 is 0. The maximum Gasteiger partial charge on any atom is 0.225 e. The highest BCUT2D eigenvalue weighted by molar-refractivity contribution is 5.76. The molecule has 0 bridgehead atoms. The van der Waals surface area contributed by atoms with Crippen LogP contribution in [0.5, 0.6) is 0 Å². The van der Waals surface area contributed by atoms with Gasteiger partial charge in [0.1, 0.15) is 0 Å². The zero-order valence-electron chi connectivity index (χ0n) is 7.62. The van der Waals surface area contributed by atoms with E-state index in [2.05, 4.69) is 0 Å². The number of likely N-dealkylation sites (tertiary alicyclic amines) is 1. The molecule has 1 saturated heterocycles. The molecule has 0 aliphatic carbocycles. The number of rotatable bonds is 2. The Bertz CT molecular complexity index is 151. The fraction of sp³-hybridized carbons (Fsp3) is 0.889. The van der Waals surface area contributed by atoms with Gasteiger partial charge >= 0.3 is 0 Å². The lowest BCUT2D eigenvalue weighted by molar-refractivity contribution is -0.133. The summed E-state index contributed by atoms with van der Waals surface area (Å²) in [5.74, 6) is 0.102. The standard InChI is InChI=1S/C9H17NO2/c1-8(11)7-9(12)10-5-3-2-4-6-10/h8,11H,2-7H2,1H3/t8-/m1/s1. The number of amides is 1. The maximum absolute atomic E-state index is 11.4. The van der Waals surface area contributed by atoms with Crippen LogP contribution in [0.25, 0.3) is 0 Å². The Labute approximate surface area is 73.4 Å². The molecular formula is C9H17NO2. The molecule has 3 nitrogen and oxygen atoms in total. The van der Waals surface area contributed by atoms with Crippen molar-refractivity contribution in [1.29, 1.82) is 0 Å². The second-order valence-corrected chi connectivity index (χ2v) is 3.49. The summed E-state index contributed by atoms with van der Waals surface area (Å²) in [5.41, 5.74) is 0. The Morgan fingerprint density at radius 3 is 2.50 bits per heavy atom. The van der Waals surface area contributed by atoms with Gasteiger partial charge < -0.3 is 10.0 Å². The van der Waals surface area contributed by atoms with E-state index in [4.69, 9.17) is 5.11 Å². The van der Waals surface area contributed by atoms with E-state index in [1.165, 1.54) is 6.42 Å². The Morgan fingerprint density at radius 2 is 2.00 bits per heavy atom. The summed E-state index contributed by atoms with van der Waals surface area (Å²) in [7, 11) is 0. The molecule has 0 saturated carbocycles. The fourth-order valence-electron chi connectivity index (χ4n) is 1.53. The number of aliphatic hydroxyl groups excluding tert-OH is 1. The lowest BCUT2D eigenvalue weighted by Gasteiger charge is -2.27. The van der Waals surface area contributed by atoms with Gasteiger partial charge in [0.2, 0.25) is 5.91 Å². The van der Waals surface area contributed by atoms with Crippen molar-refractivity contribution in [1.82, 2.24) is 4.90 Å². The molecule has 3 heteroatoms. The average molecular weight is 171 g/mol. The van der Waals surface area contributed by atoms with Gasteiger partial charge in [0.05, 0.1) is 12.5 Å². The predicted octanol–water partition coefficient (Wildman–Crippen LogP) is 0.770. The molecule has 1 amide bonds. The molecule has 0 aromatic heterocycles. The quantitative estimate of drug-likeness (QED) is 0.666. The Hall–Kier alpha value is -0.570. The first-order chi connectivity index (χ1) is 5.70. The summed E-state index contributed by atoms with van der Waals surface area (Å²) >= 11 is 0. The first-order valence-electron chi connectivity index (χ1n) is 4.66. The zero-order valence-corrected chi connectivity index (χ0v) is 7.62. The van der Waals surface area contributed by atoms with E-state index in [-0.39, 0.29) is 12.3 Å². The summed E-state index contributed by atoms with van der Waals surface area (Å²) in [4.78, 5) is 13.2. The van der Waals surface area contributed by atoms with Crippen molar-refractivity contribution < 1.29 is 9.90 Å². The van der Waals surface area contributed by atoms with E-state index in [1.54, 1.807) is 6.92 Å². The molecule has 1 heterocycles. The van der Waals surface area contributed by atoms with Crippen molar-refractivity contribution in [2.75, 3.05) is 13.1 Å². The molecule has 0 radical (unpaired) electrons. The van der Waals surface area contributed by atoms with Crippen LogP contribution in [0.3, 0.4) is 0 Å². The first kappa shape index (κ1) is 9.52. The molecule has 0 aromatic carbocycles. The van der Waals surface area contributed by atoms with E-state index in [0.717, 1.165) is 25.9 Å². The summed E-state index contributed by atoms with van der Waals surface area (Å²) in [6.45, 7) is 3.42. The average Bonchev–Trinajstić information content (AvgIpc) is 2.05. The van der Waals surface area contributed by atoms with Crippen molar-refractivity contribution in [3.63, 3.8) is 0 Å². The summed E-state index contributed by atoms with van der Waals surface area (Å²) in [6, 6.07) is 0. The van der Waals surface area contributed by atoms with Crippen LogP contribution >= 0.6 is 0 Å². The van der Waals surface area contributed by atoms with Gasteiger partial charge in [-0.05, 0) is 26.2 Å². The molecule has 70 valence electrons. The lowest BCUT2D eigenvalue weighted by Crippen LogP contribution is -2.36. The minimum absolute atomic E-state index is 0.102. The Balaban J connectivity index is 2.30. The number of hydrogen-bond donors (Lipinski definition) is 1. The van der Waals surface area contributed by atoms with E-state index >= 15 is 0 Å². The van der Waals surface area contributed by atoms with Crippen molar-refractivity contribution in [3.8, 4) is 0 Å². The molecular weight excluding hydrogens is 154 g/mol. The molecule has 0 spiro atoms. The SMILES string of the molecule is C[C@@H](O)CC(=O)N1CCCCC1. The highest BCUT2D eigenvalue weighted by Gasteiger charge is 2.17. The van der Waals surface area contributed by atoms with E-state index < -0.39 is 6.10 Å². The molecule has 1 N–H and O–H groups in total.